The molecular weight excluding hydrogens is 302 g/mol. The minimum atomic E-state index is -0.429. The average Bonchev–Trinajstić information content (AvgIpc) is 3.16. The van der Waals surface area contributed by atoms with Crippen molar-refractivity contribution in [1.82, 2.24) is 19.7 Å². The quantitative estimate of drug-likeness (QED) is 0.728. The zero-order valence-electron chi connectivity index (χ0n) is 13.9. The SMILES string of the molecule is CN1C(=O)N(c2cccc3ccccc23)[C@H](n2cncn2)C1(C)C. The molecule has 2 aromatic carbocycles. The molecule has 1 atom stereocenters. The molecule has 0 bridgehead atoms. The van der Waals surface area contributed by atoms with Crippen molar-refractivity contribution in [2.75, 3.05) is 11.9 Å². The number of anilines is 1. The first-order valence-corrected chi connectivity index (χ1v) is 7.91. The maximum atomic E-state index is 13.1. The van der Waals surface area contributed by atoms with Gasteiger partial charge in [-0.15, -0.1) is 0 Å². The Morgan fingerprint density at radius 1 is 1.08 bits per heavy atom. The van der Waals surface area contributed by atoms with E-state index >= 15 is 0 Å². The first-order chi connectivity index (χ1) is 11.5. The molecule has 1 fully saturated rings. The number of hydrogen-bond acceptors (Lipinski definition) is 3. The van der Waals surface area contributed by atoms with Gasteiger partial charge in [0, 0.05) is 12.4 Å². The summed E-state index contributed by atoms with van der Waals surface area (Å²) in [5.74, 6) is 0. The van der Waals surface area contributed by atoms with Gasteiger partial charge in [-0.05, 0) is 25.3 Å². The van der Waals surface area contributed by atoms with E-state index in [1.807, 2.05) is 56.1 Å². The molecule has 1 saturated heterocycles. The van der Waals surface area contributed by atoms with E-state index in [-0.39, 0.29) is 12.2 Å². The Balaban J connectivity index is 1.96. The van der Waals surface area contributed by atoms with Crippen LogP contribution in [0.15, 0.2) is 55.1 Å². The average molecular weight is 321 g/mol. The van der Waals surface area contributed by atoms with Crippen LogP contribution < -0.4 is 4.90 Å². The van der Waals surface area contributed by atoms with Crippen LogP contribution in [0.2, 0.25) is 0 Å². The molecule has 6 heteroatoms. The van der Waals surface area contributed by atoms with Crippen LogP contribution in [-0.4, -0.2) is 38.3 Å². The topological polar surface area (TPSA) is 54.3 Å². The Morgan fingerprint density at radius 3 is 2.58 bits per heavy atom. The van der Waals surface area contributed by atoms with Crippen molar-refractivity contribution in [3.8, 4) is 0 Å². The van der Waals surface area contributed by atoms with E-state index < -0.39 is 5.54 Å². The van der Waals surface area contributed by atoms with Gasteiger partial charge in [0.15, 0.2) is 6.17 Å². The molecule has 0 unspecified atom stereocenters. The second-order valence-corrected chi connectivity index (χ2v) is 6.61. The Hall–Kier alpha value is -2.89. The summed E-state index contributed by atoms with van der Waals surface area (Å²) < 4.78 is 1.75. The Morgan fingerprint density at radius 2 is 1.83 bits per heavy atom. The molecule has 0 spiro atoms. The molecule has 2 heterocycles. The van der Waals surface area contributed by atoms with Gasteiger partial charge in [0.1, 0.15) is 12.7 Å². The van der Waals surface area contributed by atoms with Crippen LogP contribution in [0.25, 0.3) is 10.8 Å². The lowest BCUT2D eigenvalue weighted by atomic mass is 10.00. The lowest BCUT2D eigenvalue weighted by molar-refractivity contribution is 0.168. The zero-order chi connectivity index (χ0) is 16.9. The van der Waals surface area contributed by atoms with Crippen LogP contribution in [0.5, 0.6) is 0 Å². The van der Waals surface area contributed by atoms with Crippen molar-refractivity contribution in [3.05, 3.63) is 55.1 Å². The van der Waals surface area contributed by atoms with Gasteiger partial charge in [-0.2, -0.15) is 5.10 Å². The summed E-state index contributed by atoms with van der Waals surface area (Å²) in [7, 11) is 1.83. The maximum absolute atomic E-state index is 13.1. The smallest absolute Gasteiger partial charge is 0.318 e. The number of aromatic nitrogens is 3. The lowest BCUT2D eigenvalue weighted by Crippen LogP contribution is -2.42. The fourth-order valence-electron chi connectivity index (χ4n) is 3.44. The predicted octanol–water partition coefficient (Wildman–Crippen LogP) is 3.28. The number of carbonyl (C=O) groups excluding carboxylic acids is 1. The molecule has 4 rings (SSSR count). The summed E-state index contributed by atoms with van der Waals surface area (Å²) in [6.07, 6.45) is 2.89. The summed E-state index contributed by atoms with van der Waals surface area (Å²) in [6.45, 7) is 4.09. The van der Waals surface area contributed by atoms with Gasteiger partial charge < -0.3 is 4.90 Å². The number of urea groups is 1. The molecule has 3 aromatic rings. The van der Waals surface area contributed by atoms with Gasteiger partial charge in [0.2, 0.25) is 0 Å². The molecule has 1 aliphatic rings. The molecule has 24 heavy (non-hydrogen) atoms. The van der Waals surface area contributed by atoms with E-state index in [2.05, 4.69) is 22.2 Å². The highest BCUT2D eigenvalue weighted by Crippen LogP contribution is 2.43. The highest BCUT2D eigenvalue weighted by Gasteiger charge is 2.52. The standard InChI is InChI=1S/C18H19N5O/c1-18(2)16(22-12-19-11-20-22)23(17(24)21(18)3)15-10-6-8-13-7-4-5-9-14(13)15/h4-12,16H,1-3H3/t16-/m0/s1. The maximum Gasteiger partial charge on any atom is 0.326 e. The highest BCUT2D eigenvalue weighted by molar-refractivity contribution is 6.04. The molecule has 1 aliphatic heterocycles. The number of carbonyl (C=O) groups is 1. The van der Waals surface area contributed by atoms with Gasteiger partial charge in [-0.3, -0.25) is 4.90 Å². The number of nitrogens with zero attached hydrogens (tertiary/aromatic N) is 5. The fraction of sp³-hybridized carbons (Fsp3) is 0.278. The predicted molar refractivity (Wildman–Crippen MR) is 92.7 cm³/mol. The van der Waals surface area contributed by atoms with E-state index in [0.717, 1.165) is 16.5 Å². The van der Waals surface area contributed by atoms with Crippen LogP contribution >= 0.6 is 0 Å². The van der Waals surface area contributed by atoms with Crippen molar-refractivity contribution in [1.29, 1.82) is 0 Å². The number of likely N-dealkylation sites (N-methyl/N-ethyl adjacent to an activating group) is 1. The fourth-order valence-corrected chi connectivity index (χ4v) is 3.44. The van der Waals surface area contributed by atoms with E-state index in [0.29, 0.717) is 0 Å². The molecule has 1 aromatic heterocycles. The third-order valence-corrected chi connectivity index (χ3v) is 4.95. The van der Waals surface area contributed by atoms with E-state index in [9.17, 15) is 4.79 Å². The Kier molecular flexibility index (Phi) is 3.09. The molecule has 0 aliphatic carbocycles. The van der Waals surface area contributed by atoms with Crippen molar-refractivity contribution in [2.45, 2.75) is 25.6 Å². The summed E-state index contributed by atoms with van der Waals surface area (Å²) in [5.41, 5.74) is 0.456. The van der Waals surface area contributed by atoms with E-state index in [4.69, 9.17) is 0 Å². The zero-order valence-corrected chi connectivity index (χ0v) is 13.9. The third-order valence-electron chi connectivity index (χ3n) is 4.95. The summed E-state index contributed by atoms with van der Waals surface area (Å²) in [4.78, 5) is 20.7. The second-order valence-electron chi connectivity index (χ2n) is 6.61. The van der Waals surface area contributed by atoms with Gasteiger partial charge in [-0.1, -0.05) is 36.4 Å². The molecule has 0 radical (unpaired) electrons. The van der Waals surface area contributed by atoms with Gasteiger partial charge in [0.05, 0.1) is 11.2 Å². The monoisotopic (exact) mass is 321 g/mol. The molecule has 122 valence electrons. The number of amides is 2. The minimum Gasteiger partial charge on any atom is -0.318 e. The van der Waals surface area contributed by atoms with Crippen molar-refractivity contribution >= 4 is 22.5 Å². The van der Waals surface area contributed by atoms with Crippen LogP contribution in [-0.2, 0) is 0 Å². The van der Waals surface area contributed by atoms with Gasteiger partial charge in [0.25, 0.3) is 0 Å². The first-order valence-electron chi connectivity index (χ1n) is 7.91. The van der Waals surface area contributed by atoms with Crippen LogP contribution in [0.1, 0.15) is 20.0 Å². The summed E-state index contributed by atoms with van der Waals surface area (Å²) >= 11 is 0. The number of rotatable bonds is 2. The largest absolute Gasteiger partial charge is 0.326 e. The van der Waals surface area contributed by atoms with E-state index in [1.54, 1.807) is 15.9 Å². The lowest BCUT2D eigenvalue weighted by Gasteiger charge is -2.33. The molecule has 0 N–H and O–H groups in total. The number of benzene rings is 2. The number of fused-ring (bicyclic) bond motifs is 1. The Bertz CT molecular complexity index is 897. The third kappa shape index (κ3) is 1.92. The second kappa shape index (κ2) is 5.06. The van der Waals surface area contributed by atoms with Crippen LogP contribution in [0.3, 0.4) is 0 Å². The molecule has 6 nitrogen and oxygen atoms in total. The minimum absolute atomic E-state index is 0.0446. The summed E-state index contributed by atoms with van der Waals surface area (Å²) in [6, 6.07) is 14.1. The number of hydrogen-bond donors (Lipinski definition) is 0. The Labute approximate surface area is 140 Å². The molecular formula is C18H19N5O. The van der Waals surface area contributed by atoms with Crippen molar-refractivity contribution < 1.29 is 4.79 Å². The van der Waals surface area contributed by atoms with Crippen LogP contribution in [0, 0.1) is 0 Å². The normalized spacial score (nSPS) is 20.1. The molecule has 0 saturated carbocycles. The van der Waals surface area contributed by atoms with Crippen molar-refractivity contribution in [2.24, 2.45) is 0 Å². The van der Waals surface area contributed by atoms with Crippen LogP contribution in [0.4, 0.5) is 10.5 Å². The van der Waals surface area contributed by atoms with E-state index in [1.165, 1.54) is 6.33 Å². The highest BCUT2D eigenvalue weighted by atomic mass is 16.2. The van der Waals surface area contributed by atoms with Crippen molar-refractivity contribution in [3.63, 3.8) is 0 Å². The first kappa shape index (κ1) is 14.7. The summed E-state index contributed by atoms with van der Waals surface area (Å²) in [5, 5.41) is 6.45. The van der Waals surface area contributed by atoms with Gasteiger partial charge in [-0.25, -0.2) is 14.5 Å². The molecule has 2 amide bonds. The van der Waals surface area contributed by atoms with Gasteiger partial charge >= 0.3 is 6.03 Å².